The van der Waals surface area contributed by atoms with E-state index in [1.54, 1.807) is 11.0 Å². The molecular formula is C23H31N4O5. The Hall–Kier alpha value is -2.84. The van der Waals surface area contributed by atoms with Crippen molar-refractivity contribution < 1.29 is 19.2 Å². The van der Waals surface area contributed by atoms with Crippen molar-refractivity contribution in [2.75, 3.05) is 20.2 Å². The second-order valence-corrected chi connectivity index (χ2v) is 9.92. The van der Waals surface area contributed by atoms with Crippen LogP contribution in [-0.2, 0) is 4.74 Å². The Morgan fingerprint density at radius 3 is 2.53 bits per heavy atom. The van der Waals surface area contributed by atoms with Gasteiger partial charge >= 0.3 is 11.8 Å². The highest BCUT2D eigenvalue weighted by molar-refractivity contribution is 5.83. The molecule has 4 rings (SSSR count). The molecule has 0 bridgehead atoms. The van der Waals surface area contributed by atoms with Crippen LogP contribution in [0.25, 0.3) is 10.9 Å². The number of aromatic nitrogens is 2. The fraction of sp³-hybridized carbons (Fsp3) is 0.609. The van der Waals surface area contributed by atoms with Gasteiger partial charge in [-0.05, 0) is 64.7 Å². The van der Waals surface area contributed by atoms with Gasteiger partial charge in [0.1, 0.15) is 5.60 Å². The van der Waals surface area contributed by atoms with Crippen molar-refractivity contribution in [1.82, 2.24) is 14.7 Å². The molecule has 1 aliphatic carbocycles. The first-order chi connectivity index (χ1) is 15.1. The van der Waals surface area contributed by atoms with E-state index in [1.807, 2.05) is 31.6 Å². The lowest BCUT2D eigenvalue weighted by Crippen LogP contribution is -2.46. The highest BCUT2D eigenvalue weighted by atomic mass is 16.6. The van der Waals surface area contributed by atoms with Gasteiger partial charge in [-0.1, -0.05) is 0 Å². The number of carbonyl (C=O) groups is 1. The van der Waals surface area contributed by atoms with Crippen LogP contribution in [0, 0.1) is 22.0 Å². The predicted octanol–water partition coefficient (Wildman–Crippen LogP) is 4.90. The van der Waals surface area contributed by atoms with Crippen LogP contribution in [0.3, 0.4) is 0 Å². The minimum absolute atomic E-state index is 0.0477. The minimum Gasteiger partial charge on any atom is -0.490 e. The number of nitrogens with zero attached hydrogens (tertiary/aromatic N) is 4. The van der Waals surface area contributed by atoms with E-state index < -0.39 is 10.5 Å². The summed E-state index contributed by atoms with van der Waals surface area (Å²) in [5.74, 6) is 0.224. The zero-order valence-corrected chi connectivity index (χ0v) is 19.2. The van der Waals surface area contributed by atoms with Gasteiger partial charge in [-0.15, -0.1) is 0 Å². The molecule has 1 amide bonds. The van der Waals surface area contributed by atoms with E-state index in [4.69, 9.17) is 9.47 Å². The van der Waals surface area contributed by atoms with Crippen LogP contribution in [0.4, 0.5) is 10.5 Å². The van der Waals surface area contributed by atoms with Crippen LogP contribution in [-0.4, -0.2) is 51.5 Å². The smallest absolute Gasteiger partial charge is 0.410 e. The number of carbonyl (C=O) groups excluding carboxylic acids is 1. The van der Waals surface area contributed by atoms with E-state index in [1.165, 1.54) is 13.2 Å². The number of ether oxygens (including phenoxy) is 2. The Labute approximate surface area is 187 Å². The van der Waals surface area contributed by atoms with Crippen molar-refractivity contribution in [1.29, 1.82) is 0 Å². The van der Waals surface area contributed by atoms with E-state index >= 15 is 0 Å². The van der Waals surface area contributed by atoms with Gasteiger partial charge in [0.25, 0.3) is 0 Å². The maximum absolute atomic E-state index is 12.3. The van der Waals surface area contributed by atoms with Gasteiger partial charge in [-0.2, -0.15) is 5.10 Å². The molecule has 0 atom stereocenters. The molecule has 2 aromatic rings. The molecule has 2 heterocycles. The van der Waals surface area contributed by atoms with Crippen molar-refractivity contribution in [3.8, 4) is 5.75 Å². The molecule has 1 aromatic carbocycles. The van der Waals surface area contributed by atoms with Crippen molar-refractivity contribution >= 4 is 22.7 Å². The average Bonchev–Trinajstić information content (AvgIpc) is 3.15. The summed E-state index contributed by atoms with van der Waals surface area (Å²) in [6.07, 6.45) is 8.95. The number of methoxy groups -OCH3 is 1. The van der Waals surface area contributed by atoms with Crippen molar-refractivity contribution in [3.63, 3.8) is 0 Å². The van der Waals surface area contributed by atoms with Gasteiger partial charge in [0.2, 0.25) is 0 Å². The first-order valence-electron chi connectivity index (χ1n) is 11.1. The molecule has 32 heavy (non-hydrogen) atoms. The summed E-state index contributed by atoms with van der Waals surface area (Å²) in [6.45, 7) is 6.98. The van der Waals surface area contributed by atoms with Crippen LogP contribution in [0.15, 0.2) is 18.3 Å². The third kappa shape index (κ3) is 4.52. The first kappa shape index (κ1) is 22.4. The number of piperidine rings is 1. The summed E-state index contributed by atoms with van der Waals surface area (Å²) in [5, 5.41) is 16.7. The Morgan fingerprint density at radius 2 is 1.97 bits per heavy atom. The fourth-order valence-corrected chi connectivity index (χ4v) is 4.80. The largest absolute Gasteiger partial charge is 0.490 e. The van der Waals surface area contributed by atoms with Crippen LogP contribution >= 0.6 is 0 Å². The highest BCUT2D eigenvalue weighted by Crippen LogP contribution is 2.47. The fourth-order valence-electron chi connectivity index (χ4n) is 4.80. The zero-order valence-electron chi connectivity index (χ0n) is 19.2. The molecular weight excluding hydrogens is 412 g/mol. The van der Waals surface area contributed by atoms with Crippen LogP contribution in [0.1, 0.15) is 58.9 Å². The molecule has 2 fully saturated rings. The SMILES string of the molecule is COc1cc2nn(C3CCC4([CH]CN(C(=O)OC(C)(C)C)CC4)CC3)cc2cc1[N+](=O)[O-]. The Bertz CT molecular complexity index is 1010. The molecule has 9 nitrogen and oxygen atoms in total. The third-order valence-corrected chi connectivity index (χ3v) is 6.62. The van der Waals surface area contributed by atoms with E-state index in [0.29, 0.717) is 18.6 Å². The van der Waals surface area contributed by atoms with Crippen molar-refractivity contribution in [2.45, 2.75) is 64.5 Å². The number of amides is 1. The molecule has 0 unspecified atom stereocenters. The highest BCUT2D eigenvalue weighted by Gasteiger charge is 2.40. The Morgan fingerprint density at radius 1 is 1.25 bits per heavy atom. The lowest BCUT2D eigenvalue weighted by molar-refractivity contribution is -0.385. The van der Waals surface area contributed by atoms with E-state index in [2.05, 4.69) is 11.5 Å². The summed E-state index contributed by atoms with van der Waals surface area (Å²) in [7, 11) is 1.43. The average molecular weight is 444 g/mol. The van der Waals surface area contributed by atoms with E-state index in [0.717, 1.165) is 37.5 Å². The number of nitro benzene ring substituents is 1. The number of likely N-dealkylation sites (tertiary alicyclic amines) is 1. The molecule has 1 radical (unpaired) electrons. The monoisotopic (exact) mass is 443 g/mol. The van der Waals surface area contributed by atoms with Gasteiger partial charge in [0.05, 0.1) is 23.6 Å². The molecule has 1 aliphatic heterocycles. The van der Waals surface area contributed by atoms with Crippen molar-refractivity contribution in [3.05, 3.63) is 34.9 Å². The van der Waals surface area contributed by atoms with Crippen LogP contribution in [0.5, 0.6) is 5.75 Å². The number of rotatable bonds is 3. The second-order valence-electron chi connectivity index (χ2n) is 9.92. The molecule has 173 valence electrons. The molecule has 1 saturated heterocycles. The molecule has 1 spiro atoms. The third-order valence-electron chi connectivity index (χ3n) is 6.62. The molecule has 9 heteroatoms. The molecule has 0 N–H and O–H groups in total. The molecule has 1 aromatic heterocycles. The normalized spacial score (nSPS) is 19.3. The first-order valence-corrected chi connectivity index (χ1v) is 11.1. The van der Waals surface area contributed by atoms with Gasteiger partial charge in [0, 0.05) is 36.8 Å². The number of nitro groups is 1. The van der Waals surface area contributed by atoms with E-state index in [9.17, 15) is 14.9 Å². The van der Waals surface area contributed by atoms with Crippen LogP contribution < -0.4 is 4.74 Å². The standard InChI is InChI=1S/C23H31N4O5/c1-22(2,3)32-21(28)25-11-9-23(10-12-25)7-5-17(6-8-23)26-15-16-13-19(27(29)30)20(31-4)14-18(16)24-26/h9,13-15,17H,5-8,10-12H2,1-4H3. The Balaban J connectivity index is 1.39. The number of hydrogen-bond acceptors (Lipinski definition) is 6. The maximum Gasteiger partial charge on any atom is 0.410 e. The predicted molar refractivity (Wildman–Crippen MR) is 120 cm³/mol. The van der Waals surface area contributed by atoms with Gasteiger partial charge in [0.15, 0.2) is 5.75 Å². The molecule has 1 saturated carbocycles. The van der Waals surface area contributed by atoms with Gasteiger partial charge in [-0.3, -0.25) is 14.8 Å². The summed E-state index contributed by atoms with van der Waals surface area (Å²) in [4.78, 5) is 25.0. The Kier molecular flexibility index (Phi) is 5.77. The van der Waals surface area contributed by atoms with Gasteiger partial charge < -0.3 is 14.4 Å². The number of fused-ring (bicyclic) bond motifs is 1. The summed E-state index contributed by atoms with van der Waals surface area (Å²) >= 11 is 0. The minimum atomic E-state index is -0.484. The second kappa shape index (κ2) is 8.26. The quantitative estimate of drug-likeness (QED) is 0.494. The van der Waals surface area contributed by atoms with Crippen LogP contribution in [0.2, 0.25) is 0 Å². The lowest BCUT2D eigenvalue weighted by Gasteiger charge is -2.45. The summed E-state index contributed by atoms with van der Waals surface area (Å²) in [6, 6.07) is 3.42. The van der Waals surface area contributed by atoms with Crippen molar-refractivity contribution in [2.24, 2.45) is 5.41 Å². The lowest BCUT2D eigenvalue weighted by atomic mass is 9.67. The van der Waals surface area contributed by atoms with Gasteiger partial charge in [-0.25, -0.2) is 4.79 Å². The summed E-state index contributed by atoms with van der Waals surface area (Å²) in [5.41, 5.74) is 0.324. The zero-order chi connectivity index (χ0) is 23.1. The molecule has 2 aliphatic rings. The number of benzene rings is 1. The number of hydrogen-bond donors (Lipinski definition) is 0. The van der Waals surface area contributed by atoms with E-state index in [-0.39, 0.29) is 29.0 Å². The maximum atomic E-state index is 12.3. The summed E-state index contributed by atoms with van der Waals surface area (Å²) < 4.78 is 12.6. The topological polar surface area (TPSA) is 99.7 Å².